The van der Waals surface area contributed by atoms with Gasteiger partial charge in [0.15, 0.2) is 0 Å². The zero-order valence-corrected chi connectivity index (χ0v) is 16.0. The molecule has 1 aromatic carbocycles. The number of amides is 1. The lowest BCUT2D eigenvalue weighted by Gasteiger charge is -2.26. The number of rotatable bonds is 5. The first-order valence-corrected chi connectivity index (χ1v) is 9.27. The molecule has 0 aliphatic carbocycles. The van der Waals surface area contributed by atoms with Crippen molar-refractivity contribution in [3.8, 4) is 0 Å². The summed E-state index contributed by atoms with van der Waals surface area (Å²) in [6, 6.07) is 9.56. The lowest BCUT2D eigenvalue weighted by Crippen LogP contribution is -2.27. The van der Waals surface area contributed by atoms with Crippen LogP contribution >= 0.6 is 23.2 Å². The van der Waals surface area contributed by atoms with Gasteiger partial charge >= 0.3 is 0 Å². The summed E-state index contributed by atoms with van der Waals surface area (Å²) in [4.78, 5) is 14.7. The number of allylic oxidation sites excluding steroid dienone is 4. The van der Waals surface area contributed by atoms with E-state index in [2.05, 4.69) is 16.8 Å². The zero-order valence-electron chi connectivity index (χ0n) is 14.5. The van der Waals surface area contributed by atoms with E-state index in [1.54, 1.807) is 6.08 Å². The Balaban J connectivity index is 2.06. The third-order valence-electron chi connectivity index (χ3n) is 4.34. The highest BCUT2D eigenvalue weighted by molar-refractivity contribution is 6.36. The van der Waals surface area contributed by atoms with Crippen molar-refractivity contribution in [3.63, 3.8) is 0 Å². The van der Waals surface area contributed by atoms with Crippen molar-refractivity contribution < 1.29 is 4.79 Å². The molecule has 0 aromatic heterocycles. The number of carbonyl (C=O) groups excluding carboxylic acids is 1. The van der Waals surface area contributed by atoms with Crippen LogP contribution in [-0.2, 0) is 4.79 Å². The number of likely N-dealkylation sites (tertiary alicyclic amines) is 1. The quantitative estimate of drug-likeness (QED) is 0.685. The van der Waals surface area contributed by atoms with E-state index in [0.29, 0.717) is 10.1 Å². The number of hydrogen-bond acceptors (Lipinski definition) is 2. The zero-order chi connectivity index (χ0) is 18.2. The van der Waals surface area contributed by atoms with Gasteiger partial charge in [0.2, 0.25) is 5.91 Å². The molecule has 134 valence electrons. The Bertz CT molecular complexity index is 668. The molecule has 1 aromatic rings. The van der Waals surface area contributed by atoms with Crippen LogP contribution in [0.5, 0.6) is 0 Å². The first-order valence-electron chi connectivity index (χ1n) is 8.52. The summed E-state index contributed by atoms with van der Waals surface area (Å²) in [7, 11) is 0. The Hall–Kier alpha value is -1.71. The maximum atomic E-state index is 12.6. The van der Waals surface area contributed by atoms with Crippen molar-refractivity contribution in [2.24, 2.45) is 5.92 Å². The van der Waals surface area contributed by atoms with Gasteiger partial charge in [-0.2, -0.15) is 0 Å². The van der Waals surface area contributed by atoms with Crippen LogP contribution in [0, 0.1) is 5.92 Å². The van der Waals surface area contributed by atoms with Crippen LogP contribution in [0.25, 0.3) is 0 Å². The lowest BCUT2D eigenvalue weighted by atomic mass is 10.00. The average Bonchev–Trinajstić information content (AvgIpc) is 2.88. The summed E-state index contributed by atoms with van der Waals surface area (Å²) in [6.07, 6.45) is 5.95. The van der Waals surface area contributed by atoms with Gasteiger partial charge < -0.3 is 10.2 Å². The molecule has 1 N–H and O–H groups in total. The van der Waals surface area contributed by atoms with Gasteiger partial charge in [-0.15, -0.1) is 0 Å². The molecule has 25 heavy (non-hydrogen) atoms. The number of nitrogens with one attached hydrogen (secondary N) is 1. The average molecular weight is 379 g/mol. The van der Waals surface area contributed by atoms with Crippen molar-refractivity contribution in [2.75, 3.05) is 18.4 Å². The van der Waals surface area contributed by atoms with Gasteiger partial charge in [-0.1, -0.05) is 54.1 Å². The normalized spacial score (nSPS) is 19.7. The fourth-order valence-electron chi connectivity index (χ4n) is 3.00. The summed E-state index contributed by atoms with van der Waals surface area (Å²) in [6.45, 7) is 7.17. The second kappa shape index (κ2) is 9.69. The van der Waals surface area contributed by atoms with Crippen LogP contribution in [-0.4, -0.2) is 23.9 Å². The molecule has 1 unspecified atom stereocenters. The van der Waals surface area contributed by atoms with E-state index >= 15 is 0 Å². The monoisotopic (exact) mass is 378 g/mol. The molecule has 0 radical (unpaired) electrons. The van der Waals surface area contributed by atoms with Crippen LogP contribution in [0.15, 0.2) is 64.8 Å². The molecule has 1 aliphatic heterocycles. The van der Waals surface area contributed by atoms with Gasteiger partial charge in [0.25, 0.3) is 0 Å². The third-order valence-corrected chi connectivity index (χ3v) is 5.07. The summed E-state index contributed by atoms with van der Waals surface area (Å²) < 4.78 is 0. The number of nitrogens with zero attached hydrogens (tertiary/aromatic N) is 1. The molecule has 1 atom stereocenters. The first-order chi connectivity index (χ1) is 12.1. The molecule has 1 fully saturated rings. The number of carbonyl (C=O) groups is 1. The second-order valence-electron chi connectivity index (χ2n) is 6.01. The standard InChI is InChI=1S/C20H24Cl2N2O/c1-3-17(21)19(18(22)4-2)24-13-8-9-15(12-14-24)20(25)23-16-10-6-5-7-11-16/h3-7,10-11,15H,1,8-9,12-14H2,2H3,(H,23,25)/b18-4+,19-17-. The summed E-state index contributed by atoms with van der Waals surface area (Å²) in [5.41, 5.74) is 1.63. The Morgan fingerprint density at radius 2 is 1.96 bits per heavy atom. The largest absolute Gasteiger partial charge is 0.369 e. The molecule has 0 bridgehead atoms. The SMILES string of the molecule is C=C/C(Cl)=C(\C(Cl)=C/C)N1CCCC(C(=O)Nc2ccccc2)CC1. The van der Waals surface area contributed by atoms with Crippen molar-refractivity contribution in [1.29, 1.82) is 0 Å². The number of halogens is 2. The number of benzene rings is 1. The molecule has 3 nitrogen and oxygen atoms in total. The molecular formula is C20H24Cl2N2O. The molecule has 1 heterocycles. The van der Waals surface area contributed by atoms with Crippen LogP contribution in [0.3, 0.4) is 0 Å². The summed E-state index contributed by atoms with van der Waals surface area (Å²) >= 11 is 12.7. The van der Waals surface area contributed by atoms with E-state index < -0.39 is 0 Å². The van der Waals surface area contributed by atoms with E-state index in [9.17, 15) is 4.79 Å². The molecule has 1 amide bonds. The van der Waals surface area contributed by atoms with E-state index in [-0.39, 0.29) is 11.8 Å². The highest BCUT2D eigenvalue weighted by Crippen LogP contribution is 2.30. The van der Waals surface area contributed by atoms with Gasteiger partial charge in [0.1, 0.15) is 0 Å². The third kappa shape index (κ3) is 5.38. The van der Waals surface area contributed by atoms with Crippen LogP contribution in [0.4, 0.5) is 5.69 Å². The van der Waals surface area contributed by atoms with E-state index in [1.165, 1.54) is 0 Å². The Labute approximate surface area is 160 Å². The molecule has 2 rings (SSSR count). The van der Waals surface area contributed by atoms with Crippen LogP contribution in [0.1, 0.15) is 26.2 Å². The Morgan fingerprint density at radius 1 is 1.24 bits per heavy atom. The minimum atomic E-state index is -0.0154. The van der Waals surface area contributed by atoms with Crippen molar-refractivity contribution >= 4 is 34.8 Å². The highest BCUT2D eigenvalue weighted by Gasteiger charge is 2.25. The fourth-order valence-corrected chi connectivity index (χ4v) is 3.49. The van der Waals surface area contributed by atoms with Gasteiger partial charge in [0.05, 0.1) is 15.8 Å². The first kappa shape index (κ1) is 19.6. The van der Waals surface area contributed by atoms with Crippen molar-refractivity contribution in [2.45, 2.75) is 26.2 Å². The summed E-state index contributed by atoms with van der Waals surface area (Å²) in [5, 5.41) is 4.15. The van der Waals surface area contributed by atoms with Crippen molar-refractivity contribution in [3.05, 3.63) is 64.8 Å². The van der Waals surface area contributed by atoms with Gasteiger partial charge in [-0.3, -0.25) is 4.79 Å². The molecular weight excluding hydrogens is 355 g/mol. The van der Waals surface area contributed by atoms with E-state index in [4.69, 9.17) is 23.2 Å². The van der Waals surface area contributed by atoms with Gasteiger partial charge in [-0.25, -0.2) is 0 Å². The van der Waals surface area contributed by atoms with Gasteiger partial charge in [-0.05, 0) is 44.4 Å². The topological polar surface area (TPSA) is 32.3 Å². The van der Waals surface area contributed by atoms with Crippen LogP contribution in [0.2, 0.25) is 0 Å². The second-order valence-corrected chi connectivity index (χ2v) is 6.82. The Morgan fingerprint density at radius 3 is 2.60 bits per heavy atom. The van der Waals surface area contributed by atoms with E-state index in [1.807, 2.05) is 43.3 Å². The van der Waals surface area contributed by atoms with Crippen molar-refractivity contribution in [1.82, 2.24) is 4.90 Å². The predicted octanol–water partition coefficient (Wildman–Crippen LogP) is 5.51. The number of hydrogen-bond donors (Lipinski definition) is 1. The smallest absolute Gasteiger partial charge is 0.227 e. The molecule has 1 aliphatic rings. The maximum absolute atomic E-state index is 12.6. The van der Waals surface area contributed by atoms with E-state index in [0.717, 1.165) is 43.7 Å². The minimum absolute atomic E-state index is 0.0154. The van der Waals surface area contributed by atoms with Gasteiger partial charge in [0, 0.05) is 24.7 Å². The number of anilines is 1. The molecule has 1 saturated heterocycles. The lowest BCUT2D eigenvalue weighted by molar-refractivity contribution is -0.120. The highest BCUT2D eigenvalue weighted by atomic mass is 35.5. The molecule has 0 spiro atoms. The van der Waals surface area contributed by atoms with Crippen LogP contribution < -0.4 is 5.32 Å². The number of para-hydroxylation sites is 1. The molecule has 0 saturated carbocycles. The predicted molar refractivity (Wildman–Crippen MR) is 107 cm³/mol. The fraction of sp³-hybridized carbons (Fsp3) is 0.350. The molecule has 5 heteroatoms. The minimum Gasteiger partial charge on any atom is -0.369 e. The maximum Gasteiger partial charge on any atom is 0.227 e. The summed E-state index contributed by atoms with van der Waals surface area (Å²) in [5.74, 6) is 0.0591. The Kier molecular flexibility index (Phi) is 7.60.